The fourth-order valence-electron chi connectivity index (χ4n) is 1.28. The molecule has 2 heterocycles. The van der Waals surface area contributed by atoms with Crippen LogP contribution in [0, 0.1) is 0 Å². The van der Waals surface area contributed by atoms with Crippen LogP contribution >= 0.6 is 15.9 Å². The van der Waals surface area contributed by atoms with E-state index in [1.807, 2.05) is 19.1 Å². The second kappa shape index (κ2) is 3.63. The van der Waals surface area contributed by atoms with Crippen molar-refractivity contribution in [2.75, 3.05) is 0 Å². The molecule has 0 bridgehead atoms. The standard InChI is InChI=1S/C10H10BrN3/c1-6(12)9-3-2-7-4-13-5-8(11)10(7)14-9/h2-6H,12H2,1H3. The fourth-order valence-corrected chi connectivity index (χ4v) is 1.71. The van der Waals surface area contributed by atoms with E-state index >= 15 is 0 Å². The smallest absolute Gasteiger partial charge is 0.0879 e. The molecule has 2 rings (SSSR count). The minimum absolute atomic E-state index is 0.0422. The third kappa shape index (κ3) is 1.63. The summed E-state index contributed by atoms with van der Waals surface area (Å²) in [6.45, 7) is 1.92. The average Bonchev–Trinajstić information content (AvgIpc) is 2.18. The molecule has 1 atom stereocenters. The molecular weight excluding hydrogens is 242 g/mol. The Hall–Kier alpha value is -1.00. The predicted molar refractivity (Wildman–Crippen MR) is 59.8 cm³/mol. The quantitative estimate of drug-likeness (QED) is 0.847. The number of aromatic nitrogens is 2. The molecule has 4 heteroatoms. The van der Waals surface area contributed by atoms with E-state index in [0.717, 1.165) is 21.1 Å². The van der Waals surface area contributed by atoms with E-state index in [9.17, 15) is 0 Å². The van der Waals surface area contributed by atoms with Crippen molar-refractivity contribution in [2.45, 2.75) is 13.0 Å². The minimum Gasteiger partial charge on any atom is -0.323 e. The van der Waals surface area contributed by atoms with Crippen molar-refractivity contribution in [2.24, 2.45) is 5.73 Å². The molecule has 0 aliphatic heterocycles. The van der Waals surface area contributed by atoms with Gasteiger partial charge in [0, 0.05) is 23.8 Å². The molecule has 14 heavy (non-hydrogen) atoms. The van der Waals surface area contributed by atoms with Gasteiger partial charge in [0.15, 0.2) is 0 Å². The van der Waals surface area contributed by atoms with Crippen molar-refractivity contribution in [3.8, 4) is 0 Å². The topological polar surface area (TPSA) is 51.8 Å². The Morgan fingerprint density at radius 3 is 2.86 bits per heavy atom. The van der Waals surface area contributed by atoms with Gasteiger partial charge in [-0.25, -0.2) is 4.98 Å². The van der Waals surface area contributed by atoms with E-state index in [0.29, 0.717) is 0 Å². The summed E-state index contributed by atoms with van der Waals surface area (Å²) in [7, 11) is 0. The van der Waals surface area contributed by atoms with Crippen molar-refractivity contribution in [1.82, 2.24) is 9.97 Å². The van der Waals surface area contributed by atoms with Crippen molar-refractivity contribution in [1.29, 1.82) is 0 Å². The molecule has 0 amide bonds. The van der Waals surface area contributed by atoms with Crippen molar-refractivity contribution >= 4 is 26.8 Å². The number of nitrogens with two attached hydrogens (primary N) is 1. The fraction of sp³-hybridized carbons (Fsp3) is 0.200. The van der Waals surface area contributed by atoms with Gasteiger partial charge < -0.3 is 5.73 Å². The predicted octanol–water partition coefficient (Wildman–Crippen LogP) is 2.41. The van der Waals surface area contributed by atoms with Gasteiger partial charge in [0.05, 0.1) is 15.7 Å². The monoisotopic (exact) mass is 251 g/mol. The Labute approximate surface area is 90.5 Å². The summed E-state index contributed by atoms with van der Waals surface area (Å²) in [4.78, 5) is 8.53. The lowest BCUT2D eigenvalue weighted by Gasteiger charge is -2.06. The van der Waals surface area contributed by atoms with Gasteiger partial charge in [-0.2, -0.15) is 0 Å². The number of halogens is 1. The Morgan fingerprint density at radius 2 is 2.14 bits per heavy atom. The molecule has 0 aromatic carbocycles. The molecule has 0 saturated heterocycles. The van der Waals surface area contributed by atoms with Crippen LogP contribution in [0.15, 0.2) is 29.0 Å². The minimum atomic E-state index is -0.0422. The number of pyridine rings is 2. The number of rotatable bonds is 1. The summed E-state index contributed by atoms with van der Waals surface area (Å²) in [5.41, 5.74) is 7.57. The zero-order valence-electron chi connectivity index (χ0n) is 7.74. The maximum Gasteiger partial charge on any atom is 0.0879 e. The second-order valence-electron chi connectivity index (χ2n) is 3.22. The number of hydrogen-bond donors (Lipinski definition) is 1. The van der Waals surface area contributed by atoms with E-state index in [1.165, 1.54) is 0 Å². The zero-order valence-corrected chi connectivity index (χ0v) is 9.32. The highest BCUT2D eigenvalue weighted by Gasteiger charge is 2.04. The summed E-state index contributed by atoms with van der Waals surface area (Å²) in [5, 5.41) is 1.02. The van der Waals surface area contributed by atoms with Crippen LogP contribution < -0.4 is 5.73 Å². The summed E-state index contributed by atoms with van der Waals surface area (Å²) in [5.74, 6) is 0. The van der Waals surface area contributed by atoms with Gasteiger partial charge in [0.25, 0.3) is 0 Å². The van der Waals surface area contributed by atoms with Gasteiger partial charge in [-0.15, -0.1) is 0 Å². The molecule has 2 N–H and O–H groups in total. The third-order valence-electron chi connectivity index (χ3n) is 2.04. The van der Waals surface area contributed by atoms with Crippen LogP contribution in [-0.4, -0.2) is 9.97 Å². The summed E-state index contributed by atoms with van der Waals surface area (Å²) in [6.07, 6.45) is 3.53. The van der Waals surface area contributed by atoms with Crippen LogP contribution in [-0.2, 0) is 0 Å². The molecule has 1 unspecified atom stereocenters. The Morgan fingerprint density at radius 1 is 1.36 bits per heavy atom. The van der Waals surface area contributed by atoms with Gasteiger partial charge in [0.1, 0.15) is 0 Å². The maximum absolute atomic E-state index is 5.76. The number of nitrogens with zero attached hydrogens (tertiary/aromatic N) is 2. The van der Waals surface area contributed by atoms with Crippen LogP contribution in [0.25, 0.3) is 10.9 Å². The first kappa shape index (κ1) is 9.55. The SMILES string of the molecule is CC(N)c1ccc2cncc(Br)c2n1. The molecule has 0 spiro atoms. The van der Waals surface area contributed by atoms with E-state index in [-0.39, 0.29) is 6.04 Å². The van der Waals surface area contributed by atoms with Gasteiger partial charge in [-0.1, -0.05) is 0 Å². The molecule has 0 aliphatic rings. The lowest BCUT2D eigenvalue weighted by Crippen LogP contribution is -2.07. The molecule has 0 aliphatic carbocycles. The van der Waals surface area contributed by atoms with Crippen LogP contribution in [0.3, 0.4) is 0 Å². The molecule has 3 nitrogen and oxygen atoms in total. The van der Waals surface area contributed by atoms with E-state index < -0.39 is 0 Å². The summed E-state index contributed by atoms with van der Waals surface area (Å²) < 4.78 is 0.900. The van der Waals surface area contributed by atoms with Crippen LogP contribution in [0.5, 0.6) is 0 Å². The maximum atomic E-state index is 5.76. The lowest BCUT2D eigenvalue weighted by molar-refractivity contribution is 0.786. The Balaban J connectivity index is 2.70. The first-order valence-corrected chi connectivity index (χ1v) is 5.13. The van der Waals surface area contributed by atoms with E-state index in [2.05, 4.69) is 25.9 Å². The number of fused-ring (bicyclic) bond motifs is 1. The molecular formula is C10H10BrN3. The summed E-state index contributed by atoms with van der Waals surface area (Å²) in [6, 6.07) is 3.87. The molecule has 0 fully saturated rings. The largest absolute Gasteiger partial charge is 0.323 e. The molecule has 2 aromatic heterocycles. The van der Waals surface area contributed by atoms with Crippen molar-refractivity contribution in [3.63, 3.8) is 0 Å². The van der Waals surface area contributed by atoms with Gasteiger partial charge in [0.2, 0.25) is 0 Å². The first-order valence-electron chi connectivity index (χ1n) is 4.34. The van der Waals surface area contributed by atoms with Crippen LogP contribution in [0.2, 0.25) is 0 Å². The molecule has 72 valence electrons. The van der Waals surface area contributed by atoms with Crippen LogP contribution in [0.1, 0.15) is 18.7 Å². The first-order chi connectivity index (χ1) is 6.68. The Kier molecular flexibility index (Phi) is 2.48. The molecule has 2 aromatic rings. The molecule has 0 saturated carbocycles. The average molecular weight is 252 g/mol. The highest BCUT2D eigenvalue weighted by Crippen LogP contribution is 2.21. The molecule has 0 radical (unpaired) electrons. The van der Waals surface area contributed by atoms with Gasteiger partial charge >= 0.3 is 0 Å². The third-order valence-corrected chi connectivity index (χ3v) is 2.62. The second-order valence-corrected chi connectivity index (χ2v) is 4.07. The van der Waals surface area contributed by atoms with Crippen molar-refractivity contribution < 1.29 is 0 Å². The van der Waals surface area contributed by atoms with Crippen LogP contribution in [0.4, 0.5) is 0 Å². The lowest BCUT2D eigenvalue weighted by atomic mass is 10.2. The highest BCUT2D eigenvalue weighted by molar-refractivity contribution is 9.10. The highest BCUT2D eigenvalue weighted by atomic mass is 79.9. The summed E-state index contributed by atoms with van der Waals surface area (Å²) >= 11 is 3.41. The van der Waals surface area contributed by atoms with Gasteiger partial charge in [-0.05, 0) is 35.0 Å². The Bertz CT molecular complexity index is 468. The van der Waals surface area contributed by atoms with Gasteiger partial charge in [-0.3, -0.25) is 4.98 Å². The number of hydrogen-bond acceptors (Lipinski definition) is 3. The van der Waals surface area contributed by atoms with E-state index in [1.54, 1.807) is 12.4 Å². The van der Waals surface area contributed by atoms with Crippen molar-refractivity contribution in [3.05, 3.63) is 34.7 Å². The van der Waals surface area contributed by atoms with E-state index in [4.69, 9.17) is 5.73 Å². The zero-order chi connectivity index (χ0) is 10.1. The normalized spacial score (nSPS) is 13.1.